The number of nitrogens with two attached hydrogens (primary N) is 1. The number of hydrogen-bond donors (Lipinski definition) is 2. The average molecular weight is 273 g/mol. The van der Waals surface area contributed by atoms with Gasteiger partial charge in [0.2, 0.25) is 5.91 Å². The van der Waals surface area contributed by atoms with Crippen molar-refractivity contribution in [2.45, 2.75) is 18.1 Å². The van der Waals surface area contributed by atoms with Crippen molar-refractivity contribution in [2.75, 3.05) is 26.0 Å². The lowest BCUT2D eigenvalue weighted by molar-refractivity contribution is -0.118. The van der Waals surface area contributed by atoms with E-state index in [1.807, 2.05) is 7.05 Å². The van der Waals surface area contributed by atoms with Crippen molar-refractivity contribution < 1.29 is 9.53 Å². The standard InChI is InChI=1S/C10H19N5O2S/c1-15-8(6-11)13-14-10(15)18-7-9(16)12-4-3-5-17-2/h3-7,11H2,1-2H3,(H,12,16). The maximum Gasteiger partial charge on any atom is 0.230 e. The lowest BCUT2D eigenvalue weighted by Crippen LogP contribution is -2.26. The molecule has 1 amide bonds. The highest BCUT2D eigenvalue weighted by molar-refractivity contribution is 7.99. The second kappa shape index (κ2) is 8.06. The molecule has 0 aliphatic rings. The maximum absolute atomic E-state index is 11.5. The predicted octanol–water partition coefficient (Wildman–Crippen LogP) is -0.481. The number of thioether (sulfide) groups is 1. The molecule has 0 fully saturated rings. The van der Waals surface area contributed by atoms with Crippen molar-refractivity contribution in [3.8, 4) is 0 Å². The van der Waals surface area contributed by atoms with Crippen molar-refractivity contribution in [3.05, 3.63) is 5.82 Å². The van der Waals surface area contributed by atoms with Gasteiger partial charge in [0.05, 0.1) is 12.3 Å². The number of nitrogens with one attached hydrogen (secondary N) is 1. The van der Waals surface area contributed by atoms with Crippen LogP contribution in [0.1, 0.15) is 12.2 Å². The fraction of sp³-hybridized carbons (Fsp3) is 0.700. The van der Waals surface area contributed by atoms with Crippen LogP contribution in [0.25, 0.3) is 0 Å². The van der Waals surface area contributed by atoms with Gasteiger partial charge in [0.25, 0.3) is 0 Å². The number of rotatable bonds is 8. The van der Waals surface area contributed by atoms with Crippen LogP contribution in [0.3, 0.4) is 0 Å². The van der Waals surface area contributed by atoms with Crippen LogP contribution >= 0.6 is 11.8 Å². The van der Waals surface area contributed by atoms with E-state index in [9.17, 15) is 4.79 Å². The van der Waals surface area contributed by atoms with Crippen molar-refractivity contribution in [1.82, 2.24) is 20.1 Å². The molecule has 0 saturated carbocycles. The molecule has 0 unspecified atom stereocenters. The number of carbonyl (C=O) groups excluding carboxylic acids is 1. The molecule has 1 rings (SSSR count). The molecule has 1 aromatic heterocycles. The third-order valence-corrected chi connectivity index (χ3v) is 3.31. The van der Waals surface area contributed by atoms with Gasteiger partial charge in [-0.25, -0.2) is 0 Å². The molecule has 3 N–H and O–H groups in total. The lowest BCUT2D eigenvalue weighted by Gasteiger charge is -2.04. The van der Waals surface area contributed by atoms with Crippen molar-refractivity contribution >= 4 is 17.7 Å². The van der Waals surface area contributed by atoms with Crippen LogP contribution in [0.2, 0.25) is 0 Å². The zero-order chi connectivity index (χ0) is 13.4. The first-order chi connectivity index (χ1) is 8.69. The second-order valence-electron chi connectivity index (χ2n) is 3.65. The first kappa shape index (κ1) is 14.9. The highest BCUT2D eigenvalue weighted by Crippen LogP contribution is 2.14. The molecule has 0 radical (unpaired) electrons. The first-order valence-corrected chi connectivity index (χ1v) is 6.64. The Balaban J connectivity index is 2.27. The Hall–Kier alpha value is -1.12. The zero-order valence-electron chi connectivity index (χ0n) is 10.7. The third kappa shape index (κ3) is 4.63. The van der Waals surface area contributed by atoms with Gasteiger partial charge in [-0.3, -0.25) is 4.79 Å². The summed E-state index contributed by atoms with van der Waals surface area (Å²) in [6, 6.07) is 0. The summed E-state index contributed by atoms with van der Waals surface area (Å²) in [5.41, 5.74) is 5.49. The fourth-order valence-electron chi connectivity index (χ4n) is 1.27. The van der Waals surface area contributed by atoms with Crippen LogP contribution in [-0.2, 0) is 23.1 Å². The van der Waals surface area contributed by atoms with E-state index in [4.69, 9.17) is 10.5 Å². The van der Waals surface area contributed by atoms with E-state index in [1.165, 1.54) is 11.8 Å². The Morgan fingerprint density at radius 2 is 2.33 bits per heavy atom. The smallest absolute Gasteiger partial charge is 0.230 e. The topological polar surface area (TPSA) is 95.1 Å². The van der Waals surface area contributed by atoms with Gasteiger partial charge in [0.1, 0.15) is 5.82 Å². The van der Waals surface area contributed by atoms with E-state index in [-0.39, 0.29) is 5.91 Å². The molecule has 1 aromatic rings. The van der Waals surface area contributed by atoms with Gasteiger partial charge in [-0.2, -0.15) is 0 Å². The minimum atomic E-state index is -0.0200. The molecule has 0 bridgehead atoms. The van der Waals surface area contributed by atoms with Crippen LogP contribution in [0, 0.1) is 0 Å². The molecule has 7 nitrogen and oxygen atoms in total. The Morgan fingerprint density at radius 1 is 1.56 bits per heavy atom. The minimum absolute atomic E-state index is 0.0200. The number of hydrogen-bond acceptors (Lipinski definition) is 6. The van der Waals surface area contributed by atoms with Gasteiger partial charge in [-0.1, -0.05) is 11.8 Å². The van der Waals surface area contributed by atoms with Crippen molar-refractivity contribution in [1.29, 1.82) is 0 Å². The molecular weight excluding hydrogens is 254 g/mol. The van der Waals surface area contributed by atoms with E-state index in [1.54, 1.807) is 11.7 Å². The number of methoxy groups -OCH3 is 1. The second-order valence-corrected chi connectivity index (χ2v) is 4.59. The predicted molar refractivity (Wildman–Crippen MR) is 69.1 cm³/mol. The van der Waals surface area contributed by atoms with E-state index in [0.717, 1.165) is 6.42 Å². The number of carbonyl (C=O) groups is 1. The lowest BCUT2D eigenvalue weighted by atomic mass is 10.4. The Bertz CT molecular complexity index is 382. The highest BCUT2D eigenvalue weighted by Gasteiger charge is 2.09. The van der Waals surface area contributed by atoms with Gasteiger partial charge in [0.15, 0.2) is 5.16 Å². The summed E-state index contributed by atoms with van der Waals surface area (Å²) in [6.45, 7) is 1.62. The molecule has 0 aromatic carbocycles. The summed E-state index contributed by atoms with van der Waals surface area (Å²) in [6.07, 6.45) is 0.814. The Labute approximate surface area is 110 Å². The molecule has 102 valence electrons. The average Bonchev–Trinajstić information content (AvgIpc) is 2.73. The summed E-state index contributed by atoms with van der Waals surface area (Å²) in [5, 5.41) is 11.4. The van der Waals surface area contributed by atoms with Crippen LogP contribution < -0.4 is 11.1 Å². The molecule has 0 aliphatic carbocycles. The van der Waals surface area contributed by atoms with Gasteiger partial charge >= 0.3 is 0 Å². The van der Waals surface area contributed by atoms with E-state index < -0.39 is 0 Å². The monoisotopic (exact) mass is 273 g/mol. The third-order valence-electron chi connectivity index (χ3n) is 2.29. The van der Waals surface area contributed by atoms with E-state index in [2.05, 4.69) is 15.5 Å². The van der Waals surface area contributed by atoms with E-state index in [0.29, 0.717) is 36.4 Å². The Morgan fingerprint density at radius 3 is 2.94 bits per heavy atom. The summed E-state index contributed by atoms with van der Waals surface area (Å²) in [4.78, 5) is 11.5. The largest absolute Gasteiger partial charge is 0.385 e. The van der Waals surface area contributed by atoms with Crippen molar-refractivity contribution in [3.63, 3.8) is 0 Å². The number of nitrogens with zero attached hydrogens (tertiary/aromatic N) is 3. The van der Waals surface area contributed by atoms with Gasteiger partial charge in [0, 0.05) is 27.3 Å². The van der Waals surface area contributed by atoms with Gasteiger partial charge in [-0.05, 0) is 6.42 Å². The molecule has 0 aliphatic heterocycles. The summed E-state index contributed by atoms with van der Waals surface area (Å²) >= 11 is 1.35. The van der Waals surface area contributed by atoms with Crippen molar-refractivity contribution in [2.24, 2.45) is 12.8 Å². The molecule has 1 heterocycles. The molecule has 0 spiro atoms. The molecule has 0 atom stereocenters. The Kier molecular flexibility index (Phi) is 6.69. The number of aromatic nitrogens is 3. The number of ether oxygens (including phenoxy) is 1. The van der Waals surface area contributed by atoms with Gasteiger partial charge < -0.3 is 20.4 Å². The summed E-state index contributed by atoms with van der Waals surface area (Å²) in [7, 11) is 3.47. The zero-order valence-corrected chi connectivity index (χ0v) is 11.5. The summed E-state index contributed by atoms with van der Waals surface area (Å²) in [5.74, 6) is 1.01. The van der Waals surface area contributed by atoms with Crippen LogP contribution in [0.15, 0.2) is 5.16 Å². The fourth-order valence-corrected chi connectivity index (χ4v) is 2.03. The highest BCUT2D eigenvalue weighted by atomic mass is 32.2. The molecule has 0 saturated heterocycles. The maximum atomic E-state index is 11.5. The normalized spacial score (nSPS) is 10.6. The van der Waals surface area contributed by atoms with Crippen LogP contribution in [0.4, 0.5) is 0 Å². The van der Waals surface area contributed by atoms with E-state index >= 15 is 0 Å². The minimum Gasteiger partial charge on any atom is -0.385 e. The SMILES string of the molecule is COCCCNC(=O)CSc1nnc(CN)n1C. The van der Waals surface area contributed by atoms with Crippen LogP contribution in [-0.4, -0.2) is 46.7 Å². The quantitative estimate of drug-likeness (QED) is 0.490. The first-order valence-electron chi connectivity index (χ1n) is 5.65. The molecule has 8 heteroatoms. The molecule has 18 heavy (non-hydrogen) atoms. The van der Waals surface area contributed by atoms with Gasteiger partial charge in [-0.15, -0.1) is 10.2 Å². The number of amides is 1. The van der Waals surface area contributed by atoms with Crippen LogP contribution in [0.5, 0.6) is 0 Å². The molecular formula is C10H19N5O2S. The summed E-state index contributed by atoms with van der Waals surface area (Å²) < 4.78 is 6.69.